The summed E-state index contributed by atoms with van der Waals surface area (Å²) in [4.78, 5) is 35.9. The zero-order valence-electron chi connectivity index (χ0n) is 23.5. The molecule has 2 atom stereocenters. The molecule has 1 aliphatic heterocycles. The number of halogens is 1. The molecule has 230 valence electrons. The molecule has 0 unspecified atom stereocenters. The van der Waals surface area contributed by atoms with Crippen molar-refractivity contribution >= 4 is 28.9 Å². The van der Waals surface area contributed by atoms with E-state index in [1.807, 2.05) is 47.6 Å². The van der Waals surface area contributed by atoms with Gasteiger partial charge >= 0.3 is 18.0 Å². The monoisotopic (exact) mass is 579 g/mol. The van der Waals surface area contributed by atoms with Gasteiger partial charge in [0.25, 0.3) is 0 Å². The molecule has 3 aromatic rings. The van der Waals surface area contributed by atoms with Crippen LogP contribution in [-0.4, -0.2) is 49.6 Å². The second-order valence-electron chi connectivity index (χ2n) is 9.78. The maximum Gasteiger partial charge on any atom is 0.312 e. The largest absolute Gasteiger partial charge is 0.463 e. The number of imidazole rings is 1. The van der Waals surface area contributed by atoms with E-state index in [2.05, 4.69) is 15.0 Å². The number of esters is 2. The number of fused-ring (bicyclic) bond motifs is 1. The average molecular weight is 580 g/mol. The fraction of sp³-hybridized carbons (Fsp3) is 0.552. The number of anilines is 1. The molecule has 4 N–H and O–H groups in total. The van der Waals surface area contributed by atoms with E-state index in [-0.39, 0.29) is 50.9 Å². The zero-order valence-corrected chi connectivity index (χ0v) is 23.5. The van der Waals surface area contributed by atoms with Crippen molar-refractivity contribution in [3.05, 3.63) is 41.2 Å². The smallest absolute Gasteiger partial charge is 0.312 e. The SMILES string of the molecule is C.C.CC.CC(=O)Oc1cc(C)cc(C)c1C(C)(C)CC(=O)OC[C@@H]1CC[C@H](n2cnc3c(N)nc(F)nc32)O1.O. The van der Waals surface area contributed by atoms with Crippen molar-refractivity contribution in [1.29, 1.82) is 0 Å². The van der Waals surface area contributed by atoms with Crippen molar-refractivity contribution in [2.75, 3.05) is 12.3 Å². The van der Waals surface area contributed by atoms with Gasteiger partial charge in [-0.15, -0.1) is 0 Å². The molecule has 0 aliphatic carbocycles. The van der Waals surface area contributed by atoms with Gasteiger partial charge in [-0.25, -0.2) is 4.98 Å². The summed E-state index contributed by atoms with van der Waals surface area (Å²) < 4.78 is 32.3. The Bertz CT molecular complexity index is 1330. The molecule has 11 nitrogen and oxygen atoms in total. The Hall–Kier alpha value is -3.64. The summed E-state index contributed by atoms with van der Waals surface area (Å²) in [7, 11) is 0. The molecule has 2 aromatic heterocycles. The lowest BCUT2D eigenvalue weighted by molar-refractivity contribution is -0.149. The van der Waals surface area contributed by atoms with Gasteiger partial charge in [-0.2, -0.15) is 14.4 Å². The molecule has 0 amide bonds. The molecular formula is C29H46FN5O6. The molecule has 41 heavy (non-hydrogen) atoms. The third kappa shape index (κ3) is 8.67. The highest BCUT2D eigenvalue weighted by Gasteiger charge is 2.33. The first-order valence-electron chi connectivity index (χ1n) is 12.7. The van der Waals surface area contributed by atoms with Crippen LogP contribution < -0.4 is 10.5 Å². The van der Waals surface area contributed by atoms with Gasteiger partial charge in [-0.3, -0.25) is 14.2 Å². The van der Waals surface area contributed by atoms with Gasteiger partial charge in [0.05, 0.1) is 18.9 Å². The van der Waals surface area contributed by atoms with Crippen molar-refractivity contribution in [3.63, 3.8) is 0 Å². The molecule has 1 aliphatic rings. The Labute approximate surface area is 241 Å². The molecule has 12 heteroatoms. The Morgan fingerprint density at radius 3 is 2.46 bits per heavy atom. The molecular weight excluding hydrogens is 533 g/mol. The lowest BCUT2D eigenvalue weighted by Gasteiger charge is -2.28. The second kappa shape index (κ2) is 15.4. The molecule has 0 spiro atoms. The number of nitrogens with zero attached hydrogens (tertiary/aromatic N) is 4. The van der Waals surface area contributed by atoms with Gasteiger partial charge in [0, 0.05) is 17.9 Å². The first-order chi connectivity index (χ1) is 17.9. The van der Waals surface area contributed by atoms with Crippen LogP contribution in [0.1, 0.15) is 91.7 Å². The Morgan fingerprint density at radius 2 is 1.83 bits per heavy atom. The van der Waals surface area contributed by atoms with E-state index >= 15 is 0 Å². The van der Waals surface area contributed by atoms with Crippen LogP contribution in [0.3, 0.4) is 0 Å². The highest BCUT2D eigenvalue weighted by Crippen LogP contribution is 2.38. The Balaban J connectivity index is 0.00000313. The van der Waals surface area contributed by atoms with E-state index in [1.54, 1.807) is 10.6 Å². The number of benzene rings is 1. The first kappa shape index (κ1) is 37.4. The van der Waals surface area contributed by atoms with Crippen LogP contribution in [0.25, 0.3) is 11.2 Å². The number of rotatable bonds is 7. The van der Waals surface area contributed by atoms with Gasteiger partial charge in [-0.1, -0.05) is 48.6 Å². The summed E-state index contributed by atoms with van der Waals surface area (Å²) in [5.41, 5.74) is 8.32. The fourth-order valence-electron chi connectivity index (χ4n) is 4.85. The number of carbonyl (C=O) groups excluding carboxylic acids is 2. The highest BCUT2D eigenvalue weighted by atomic mass is 19.1. The van der Waals surface area contributed by atoms with Crippen LogP contribution in [0.15, 0.2) is 18.5 Å². The molecule has 3 heterocycles. The van der Waals surface area contributed by atoms with Crippen molar-refractivity contribution in [2.45, 2.75) is 100 Å². The summed E-state index contributed by atoms with van der Waals surface area (Å²) in [6.07, 6.45) is 1.11. The normalized spacial score (nSPS) is 15.9. The lowest BCUT2D eigenvalue weighted by atomic mass is 9.78. The number of nitrogen functional groups attached to an aromatic ring is 1. The first-order valence-corrected chi connectivity index (χ1v) is 12.7. The van der Waals surface area contributed by atoms with Gasteiger partial charge in [0.1, 0.15) is 18.6 Å². The van der Waals surface area contributed by atoms with Crippen LogP contribution in [0, 0.1) is 19.9 Å². The minimum absolute atomic E-state index is 0. The number of ether oxygens (including phenoxy) is 3. The maximum absolute atomic E-state index is 13.7. The molecule has 1 aromatic carbocycles. The number of hydrogen-bond acceptors (Lipinski definition) is 9. The topological polar surface area (TPSA) is 163 Å². The molecule has 4 rings (SSSR count). The van der Waals surface area contributed by atoms with Crippen molar-refractivity contribution < 1.29 is 33.7 Å². The number of nitrogens with two attached hydrogens (primary N) is 1. The molecule has 1 saturated heterocycles. The summed E-state index contributed by atoms with van der Waals surface area (Å²) in [5, 5.41) is 0. The van der Waals surface area contributed by atoms with Gasteiger partial charge < -0.3 is 25.4 Å². The van der Waals surface area contributed by atoms with E-state index in [0.717, 1.165) is 16.7 Å². The second-order valence-corrected chi connectivity index (χ2v) is 9.78. The highest BCUT2D eigenvalue weighted by molar-refractivity contribution is 5.81. The van der Waals surface area contributed by atoms with Crippen LogP contribution in [-0.2, 0) is 24.5 Å². The van der Waals surface area contributed by atoms with Crippen molar-refractivity contribution in [1.82, 2.24) is 19.5 Å². The van der Waals surface area contributed by atoms with Crippen LogP contribution >= 0.6 is 0 Å². The molecule has 1 fully saturated rings. The van der Waals surface area contributed by atoms with Crippen LogP contribution in [0.4, 0.5) is 10.2 Å². The van der Waals surface area contributed by atoms with Crippen molar-refractivity contribution in [2.24, 2.45) is 0 Å². The number of carbonyl (C=O) groups is 2. The van der Waals surface area contributed by atoms with E-state index in [0.29, 0.717) is 24.1 Å². The standard InChI is InChI=1S/C25H30FN5O5.C2H6.2CH4.H2O/c1-13-8-14(2)20(17(9-13)35-15(3)32)25(4,5)10-19(33)34-11-16-6-7-18(36-16)31-12-28-21-22(27)29-24(26)30-23(21)31;1-2;;;/h8-9,12,16,18H,6-7,10-11H2,1-5H3,(H2,27,29,30);1-2H3;2*1H4;1H2/t16-,18+;;;;/m0..../s1. The Morgan fingerprint density at radius 1 is 1.17 bits per heavy atom. The minimum Gasteiger partial charge on any atom is -0.463 e. The van der Waals surface area contributed by atoms with Gasteiger partial charge in [0.15, 0.2) is 17.0 Å². The average Bonchev–Trinajstić information content (AvgIpc) is 3.44. The lowest BCUT2D eigenvalue weighted by Crippen LogP contribution is -2.27. The van der Waals surface area contributed by atoms with E-state index in [9.17, 15) is 14.0 Å². The summed E-state index contributed by atoms with van der Waals surface area (Å²) in [6.45, 7) is 13.1. The van der Waals surface area contributed by atoms with Gasteiger partial charge in [-0.05, 0) is 43.9 Å². The number of aryl methyl sites for hydroxylation is 2. The number of hydrogen-bond donors (Lipinski definition) is 1. The minimum atomic E-state index is -0.937. The van der Waals surface area contributed by atoms with Crippen LogP contribution in [0.5, 0.6) is 5.75 Å². The quantitative estimate of drug-likeness (QED) is 0.226. The maximum atomic E-state index is 13.7. The third-order valence-corrected chi connectivity index (χ3v) is 6.21. The van der Waals surface area contributed by atoms with E-state index in [4.69, 9.17) is 19.9 Å². The third-order valence-electron chi connectivity index (χ3n) is 6.21. The zero-order chi connectivity index (χ0) is 28.2. The van der Waals surface area contributed by atoms with Crippen LogP contribution in [0.2, 0.25) is 0 Å². The predicted molar refractivity (Wildman–Crippen MR) is 157 cm³/mol. The van der Waals surface area contributed by atoms with E-state index in [1.165, 1.54) is 13.3 Å². The fourth-order valence-corrected chi connectivity index (χ4v) is 4.85. The van der Waals surface area contributed by atoms with Crippen molar-refractivity contribution in [3.8, 4) is 5.75 Å². The summed E-state index contributed by atoms with van der Waals surface area (Å²) in [6, 6.07) is 3.79. The number of aromatic nitrogens is 4. The van der Waals surface area contributed by atoms with Gasteiger partial charge in [0.2, 0.25) is 0 Å². The Kier molecular flexibility index (Phi) is 14.0. The van der Waals surface area contributed by atoms with E-state index < -0.39 is 29.7 Å². The molecule has 0 bridgehead atoms. The molecule has 0 saturated carbocycles. The summed E-state index contributed by atoms with van der Waals surface area (Å²) >= 11 is 0. The summed E-state index contributed by atoms with van der Waals surface area (Å²) in [5.74, 6) is -0.400. The predicted octanol–water partition coefficient (Wildman–Crippen LogP) is 5.15. The molecule has 0 radical (unpaired) electrons.